The number of hydrogen-bond acceptors (Lipinski definition) is 5. The molecular formula is C31H29N3O3S. The molecule has 0 bridgehead atoms. The molecule has 0 aliphatic carbocycles. The highest BCUT2D eigenvalue weighted by Crippen LogP contribution is 2.37. The molecule has 0 radical (unpaired) electrons. The van der Waals surface area contributed by atoms with E-state index in [0.29, 0.717) is 30.0 Å². The largest absolute Gasteiger partial charge is 0.490 e. The van der Waals surface area contributed by atoms with Crippen LogP contribution >= 0.6 is 11.8 Å². The number of hydrogen-bond donors (Lipinski definition) is 1. The van der Waals surface area contributed by atoms with Gasteiger partial charge < -0.3 is 9.47 Å². The molecule has 1 N–H and O–H groups in total. The molecule has 1 atom stereocenters. The maximum atomic E-state index is 12.7. The van der Waals surface area contributed by atoms with E-state index in [1.165, 1.54) is 17.3 Å². The van der Waals surface area contributed by atoms with Gasteiger partial charge in [-0.3, -0.25) is 15.1 Å². The van der Waals surface area contributed by atoms with Gasteiger partial charge in [-0.25, -0.2) is 0 Å². The highest BCUT2D eigenvalue weighted by molar-refractivity contribution is 8.17. The standard InChI is InChI=1S/C31H29N3O3S/c1-3-21(2)23-11-15-26(16-12-23)37-18-17-36-25-13-9-22(10-14-25)19-27-29(32)34-28(24-7-5-4-6-8-24)20-38-31(34)33-30(27)35/h4-16,19-21,32H,3,17-18H2,1-2H3/b27-19-,32-29?. The van der Waals surface area contributed by atoms with Crippen molar-refractivity contribution in [3.8, 4) is 11.5 Å². The van der Waals surface area contributed by atoms with Gasteiger partial charge in [0.2, 0.25) is 0 Å². The van der Waals surface area contributed by atoms with E-state index in [4.69, 9.17) is 14.9 Å². The predicted molar refractivity (Wildman–Crippen MR) is 155 cm³/mol. The molecule has 192 valence electrons. The van der Waals surface area contributed by atoms with Crippen molar-refractivity contribution >= 4 is 40.4 Å². The van der Waals surface area contributed by atoms with Gasteiger partial charge in [-0.15, -0.1) is 0 Å². The number of fused-ring (bicyclic) bond motifs is 1. The lowest BCUT2D eigenvalue weighted by molar-refractivity contribution is -0.114. The van der Waals surface area contributed by atoms with E-state index in [2.05, 4.69) is 31.0 Å². The summed E-state index contributed by atoms with van der Waals surface area (Å²) in [6, 6.07) is 25.5. The lowest BCUT2D eigenvalue weighted by Crippen LogP contribution is -2.38. The number of carbonyl (C=O) groups excluding carboxylic acids is 1. The maximum Gasteiger partial charge on any atom is 0.283 e. The zero-order valence-electron chi connectivity index (χ0n) is 21.4. The minimum Gasteiger partial charge on any atom is -0.490 e. The van der Waals surface area contributed by atoms with E-state index < -0.39 is 5.91 Å². The summed E-state index contributed by atoms with van der Waals surface area (Å²) < 4.78 is 11.6. The fourth-order valence-electron chi connectivity index (χ4n) is 4.19. The molecule has 7 heteroatoms. The third-order valence-corrected chi connectivity index (χ3v) is 7.38. The second kappa shape index (κ2) is 11.5. The van der Waals surface area contributed by atoms with Crippen LogP contribution in [0.2, 0.25) is 0 Å². The van der Waals surface area contributed by atoms with Crippen LogP contribution in [-0.2, 0) is 4.79 Å². The summed E-state index contributed by atoms with van der Waals surface area (Å²) >= 11 is 1.36. The average Bonchev–Trinajstić information content (AvgIpc) is 3.38. The Kier molecular flexibility index (Phi) is 7.75. The Morgan fingerprint density at radius 1 is 0.947 bits per heavy atom. The van der Waals surface area contributed by atoms with Gasteiger partial charge in [0, 0.05) is 5.41 Å². The molecule has 0 fully saturated rings. The molecule has 2 aliphatic heterocycles. The molecule has 3 aromatic carbocycles. The zero-order valence-corrected chi connectivity index (χ0v) is 22.2. The summed E-state index contributed by atoms with van der Waals surface area (Å²) in [6.07, 6.45) is 2.81. The number of amides is 1. The average molecular weight is 524 g/mol. The predicted octanol–water partition coefficient (Wildman–Crippen LogP) is 6.96. The second-order valence-electron chi connectivity index (χ2n) is 9.07. The normalized spacial score (nSPS) is 16.7. The fourth-order valence-corrected chi connectivity index (χ4v) is 5.08. The lowest BCUT2D eigenvalue weighted by atomic mass is 9.99. The van der Waals surface area contributed by atoms with Crippen molar-refractivity contribution in [2.24, 2.45) is 4.99 Å². The summed E-state index contributed by atoms with van der Waals surface area (Å²) in [4.78, 5) is 18.7. The second-order valence-corrected chi connectivity index (χ2v) is 9.91. The Balaban J connectivity index is 1.19. The molecule has 0 saturated heterocycles. The van der Waals surface area contributed by atoms with Crippen LogP contribution < -0.4 is 9.47 Å². The van der Waals surface area contributed by atoms with Gasteiger partial charge in [0.05, 0.1) is 11.3 Å². The van der Waals surface area contributed by atoms with Crippen molar-refractivity contribution in [2.75, 3.05) is 13.2 Å². The number of rotatable bonds is 9. The van der Waals surface area contributed by atoms with Crippen LogP contribution in [0.15, 0.2) is 94.8 Å². The molecule has 2 aliphatic rings. The first-order chi connectivity index (χ1) is 18.5. The molecule has 3 aromatic rings. The zero-order chi connectivity index (χ0) is 26.5. The van der Waals surface area contributed by atoms with Gasteiger partial charge >= 0.3 is 0 Å². The number of amidine groups is 2. The maximum absolute atomic E-state index is 12.7. The van der Waals surface area contributed by atoms with E-state index in [0.717, 1.165) is 29.0 Å². The molecule has 1 unspecified atom stereocenters. The molecule has 2 heterocycles. The van der Waals surface area contributed by atoms with Gasteiger partial charge in [-0.2, -0.15) is 4.99 Å². The van der Waals surface area contributed by atoms with Crippen molar-refractivity contribution in [1.29, 1.82) is 5.41 Å². The molecule has 6 nitrogen and oxygen atoms in total. The first-order valence-corrected chi connectivity index (χ1v) is 13.5. The van der Waals surface area contributed by atoms with Crippen molar-refractivity contribution in [3.05, 3.63) is 107 Å². The van der Waals surface area contributed by atoms with Crippen molar-refractivity contribution in [2.45, 2.75) is 26.2 Å². The Labute approximate surface area is 227 Å². The fraction of sp³-hybridized carbons (Fsp3) is 0.194. The van der Waals surface area contributed by atoms with E-state index in [-0.39, 0.29) is 11.4 Å². The van der Waals surface area contributed by atoms with Crippen molar-refractivity contribution in [3.63, 3.8) is 0 Å². The third kappa shape index (κ3) is 5.58. The third-order valence-electron chi connectivity index (χ3n) is 6.56. The first kappa shape index (κ1) is 25.5. The molecular weight excluding hydrogens is 494 g/mol. The lowest BCUT2D eigenvalue weighted by Gasteiger charge is -2.26. The number of ether oxygens (including phenoxy) is 2. The van der Waals surface area contributed by atoms with Gasteiger partial charge in [-0.05, 0) is 59.4 Å². The van der Waals surface area contributed by atoms with E-state index >= 15 is 0 Å². The summed E-state index contributed by atoms with van der Waals surface area (Å²) in [5, 5.41) is 11.2. The molecule has 0 spiro atoms. The van der Waals surface area contributed by atoms with Crippen LogP contribution in [-0.4, -0.2) is 35.0 Å². The van der Waals surface area contributed by atoms with Gasteiger partial charge in [0.25, 0.3) is 5.91 Å². The minimum atomic E-state index is -0.411. The number of nitrogens with one attached hydrogen (secondary N) is 1. The SMILES string of the molecule is CCC(C)c1ccc(OCCOc2ccc(/C=C3/C(=N)N4C(c5ccccc5)=CSC4=NC3=O)cc2)cc1. The van der Waals surface area contributed by atoms with Crippen LogP contribution in [0.4, 0.5) is 0 Å². The topological polar surface area (TPSA) is 75.0 Å². The Hall–Kier alpha value is -4.10. The number of carbonyl (C=O) groups is 1. The Morgan fingerprint density at radius 3 is 2.21 bits per heavy atom. The van der Waals surface area contributed by atoms with Gasteiger partial charge in [0.15, 0.2) is 5.17 Å². The Bertz CT molecular complexity index is 1410. The molecule has 0 aromatic heterocycles. The molecule has 0 saturated carbocycles. The smallest absolute Gasteiger partial charge is 0.283 e. The van der Waals surface area contributed by atoms with Crippen molar-refractivity contribution < 1.29 is 14.3 Å². The van der Waals surface area contributed by atoms with Crippen LogP contribution in [0.3, 0.4) is 0 Å². The van der Waals surface area contributed by atoms with Gasteiger partial charge in [0.1, 0.15) is 30.5 Å². The Morgan fingerprint density at radius 2 is 1.58 bits per heavy atom. The number of nitrogens with zero attached hydrogens (tertiary/aromatic N) is 2. The number of aliphatic imine (C=N–C) groups is 1. The van der Waals surface area contributed by atoms with Crippen molar-refractivity contribution in [1.82, 2.24) is 4.90 Å². The van der Waals surface area contributed by atoms with E-state index in [9.17, 15) is 4.79 Å². The molecule has 5 rings (SSSR count). The highest BCUT2D eigenvalue weighted by atomic mass is 32.2. The van der Waals surface area contributed by atoms with E-state index in [1.54, 1.807) is 11.0 Å². The quantitative estimate of drug-likeness (QED) is 0.242. The number of thioether (sulfide) groups is 1. The van der Waals surface area contributed by atoms with Crippen LogP contribution in [0, 0.1) is 5.41 Å². The monoisotopic (exact) mass is 523 g/mol. The van der Waals surface area contributed by atoms with Crippen LogP contribution in [0.25, 0.3) is 11.8 Å². The van der Waals surface area contributed by atoms with Crippen LogP contribution in [0.1, 0.15) is 42.9 Å². The molecule has 1 amide bonds. The van der Waals surface area contributed by atoms with Gasteiger partial charge in [-0.1, -0.05) is 80.2 Å². The minimum absolute atomic E-state index is 0.120. The first-order valence-electron chi connectivity index (χ1n) is 12.6. The highest BCUT2D eigenvalue weighted by Gasteiger charge is 2.36. The van der Waals surface area contributed by atoms with E-state index in [1.807, 2.05) is 72.1 Å². The summed E-state index contributed by atoms with van der Waals surface area (Å²) in [6.45, 7) is 5.26. The summed E-state index contributed by atoms with van der Waals surface area (Å²) in [5.74, 6) is 1.79. The van der Waals surface area contributed by atoms with Crippen LogP contribution in [0.5, 0.6) is 11.5 Å². The summed E-state index contributed by atoms with van der Waals surface area (Å²) in [5.41, 5.74) is 4.17. The number of benzene rings is 3. The molecule has 38 heavy (non-hydrogen) atoms. The summed E-state index contributed by atoms with van der Waals surface area (Å²) in [7, 11) is 0.